The summed E-state index contributed by atoms with van der Waals surface area (Å²) >= 11 is 0. The van der Waals surface area contributed by atoms with Crippen LogP contribution in [0.5, 0.6) is 0 Å². The number of hydrogen-bond acceptors (Lipinski definition) is 10. The lowest BCUT2D eigenvalue weighted by Crippen LogP contribution is -2.32. The van der Waals surface area contributed by atoms with Crippen LogP contribution in [0.1, 0.15) is 12.0 Å². The van der Waals surface area contributed by atoms with E-state index in [0.29, 0.717) is 57.3 Å². The number of carboxylic acids is 1. The number of aromatic amines is 1. The molecule has 268 valence electrons. The van der Waals surface area contributed by atoms with Crippen LogP contribution in [0.2, 0.25) is 0 Å². The normalized spacial score (nSPS) is 15.6. The molecule has 1 amide bonds. The third kappa shape index (κ3) is 11.2. The molecule has 0 bridgehead atoms. The van der Waals surface area contributed by atoms with Gasteiger partial charge in [0.2, 0.25) is 0 Å². The maximum Gasteiger partial charge on any atom is 0.417 e. The number of alkyl halides is 3. The first-order valence-electron chi connectivity index (χ1n) is 15.5. The summed E-state index contributed by atoms with van der Waals surface area (Å²) < 4.78 is 77.9. The Balaban J connectivity index is 1.22. The zero-order valence-electron chi connectivity index (χ0n) is 26.9. The number of nitrogens with one attached hydrogen (secondary N) is 1. The van der Waals surface area contributed by atoms with Crippen LogP contribution in [-0.2, 0) is 44.1 Å². The molecule has 4 rings (SSSR count). The van der Waals surface area contributed by atoms with Crippen LogP contribution in [0.3, 0.4) is 0 Å². The van der Waals surface area contributed by atoms with E-state index in [2.05, 4.69) is 4.98 Å². The predicted octanol–water partition coefficient (Wildman–Crippen LogP) is 4.11. The minimum absolute atomic E-state index is 0.00487. The number of methoxy groups -OCH3 is 1. The van der Waals surface area contributed by atoms with Gasteiger partial charge in [0.15, 0.2) is 6.10 Å². The second kappa shape index (κ2) is 18.6. The van der Waals surface area contributed by atoms with Gasteiger partial charge in [-0.2, -0.15) is 13.2 Å². The van der Waals surface area contributed by atoms with E-state index in [0.717, 1.165) is 6.07 Å². The van der Waals surface area contributed by atoms with Crippen molar-refractivity contribution < 1.29 is 61.0 Å². The Kier molecular flexibility index (Phi) is 14.4. The number of carbonyl (C=O) groups is 2. The Morgan fingerprint density at radius 2 is 1.53 bits per heavy atom. The van der Waals surface area contributed by atoms with Crippen molar-refractivity contribution in [3.8, 4) is 11.3 Å². The zero-order valence-corrected chi connectivity index (χ0v) is 26.9. The quantitative estimate of drug-likeness (QED) is 0.155. The molecule has 1 unspecified atom stereocenters. The van der Waals surface area contributed by atoms with Gasteiger partial charge >= 0.3 is 18.2 Å². The maximum atomic E-state index is 13.6. The molecule has 3 aromatic rings. The maximum absolute atomic E-state index is 13.6. The third-order valence-electron chi connectivity index (χ3n) is 7.38. The molecule has 0 saturated carbocycles. The van der Waals surface area contributed by atoms with Gasteiger partial charge in [-0.15, -0.1) is 0 Å². The molecule has 2 N–H and O–H groups in total. The van der Waals surface area contributed by atoms with Crippen molar-refractivity contribution in [3.05, 3.63) is 64.4 Å². The highest BCUT2D eigenvalue weighted by Crippen LogP contribution is 2.37. The fraction of sp³-hybridized carbons (Fsp3) is 0.485. The van der Waals surface area contributed by atoms with E-state index < -0.39 is 41.6 Å². The van der Waals surface area contributed by atoms with Crippen LogP contribution in [0.25, 0.3) is 22.0 Å². The largest absolute Gasteiger partial charge is 0.479 e. The van der Waals surface area contributed by atoms with E-state index >= 15 is 0 Å². The van der Waals surface area contributed by atoms with Gasteiger partial charge < -0.3 is 43.2 Å². The van der Waals surface area contributed by atoms with E-state index in [9.17, 15) is 32.7 Å². The fourth-order valence-corrected chi connectivity index (χ4v) is 5.01. The Morgan fingerprint density at radius 1 is 0.918 bits per heavy atom. The number of fused-ring (bicyclic) bond motifs is 1. The number of carbonyl (C=O) groups excluding carboxylic acids is 1. The first-order chi connectivity index (χ1) is 23.6. The SMILES string of the molecule is COCCOCCOCCOCCOCCOC(C[C@H]1CN(c2ccc3cc(-c4ccccc4C(F)(F)F)[nH]c(=O)c3c2)C(=O)O1)C(=O)O. The fourth-order valence-electron chi connectivity index (χ4n) is 5.01. The number of hydrogen-bond donors (Lipinski definition) is 2. The Hall–Kier alpha value is -4.06. The molecular weight excluding hydrogens is 657 g/mol. The smallest absolute Gasteiger partial charge is 0.417 e. The molecule has 1 saturated heterocycles. The third-order valence-corrected chi connectivity index (χ3v) is 7.38. The first-order valence-corrected chi connectivity index (χ1v) is 15.5. The standard InChI is InChI=1S/C33H39F3N2O11/c1-43-8-9-44-10-11-45-12-13-46-14-15-47-16-17-48-29(31(40)41)20-24-21-38(32(42)49-24)23-7-6-22-18-28(37-30(39)26(22)19-23)25-4-2-3-5-27(25)33(34,35)36/h2-7,18-19,24,29H,8-17,20-21H2,1H3,(H,37,39)(H,40,41)/t24-,29?/m0/s1. The van der Waals surface area contributed by atoms with Crippen LogP contribution in [-0.4, -0.2) is 114 Å². The molecule has 0 spiro atoms. The molecule has 0 radical (unpaired) electrons. The molecule has 2 aromatic carbocycles. The van der Waals surface area contributed by atoms with Crippen molar-refractivity contribution in [2.75, 3.05) is 84.6 Å². The minimum atomic E-state index is -4.62. The highest BCUT2D eigenvalue weighted by molar-refractivity contribution is 5.95. The van der Waals surface area contributed by atoms with Gasteiger partial charge in [-0.3, -0.25) is 9.69 Å². The summed E-state index contributed by atoms with van der Waals surface area (Å²) in [7, 11) is 1.60. The number of ether oxygens (including phenoxy) is 7. The summed E-state index contributed by atoms with van der Waals surface area (Å²) in [6.07, 6.45) is -7.59. The van der Waals surface area contributed by atoms with E-state index in [4.69, 9.17) is 33.2 Å². The van der Waals surface area contributed by atoms with Gasteiger partial charge in [0.1, 0.15) is 6.10 Å². The lowest BCUT2D eigenvalue weighted by atomic mass is 10.0. The van der Waals surface area contributed by atoms with Gasteiger partial charge in [0.25, 0.3) is 5.56 Å². The van der Waals surface area contributed by atoms with Crippen LogP contribution >= 0.6 is 0 Å². The number of nitrogens with zero attached hydrogens (tertiary/aromatic N) is 1. The van der Waals surface area contributed by atoms with Crippen molar-refractivity contribution >= 4 is 28.5 Å². The molecule has 2 atom stereocenters. The number of halogens is 3. The van der Waals surface area contributed by atoms with Crippen LogP contribution < -0.4 is 10.5 Å². The second-order valence-corrected chi connectivity index (χ2v) is 10.8. The summed E-state index contributed by atoms with van der Waals surface area (Å²) in [4.78, 5) is 41.3. The van der Waals surface area contributed by atoms with E-state index in [1.54, 1.807) is 7.11 Å². The van der Waals surface area contributed by atoms with Crippen molar-refractivity contribution in [1.29, 1.82) is 0 Å². The lowest BCUT2D eigenvalue weighted by molar-refractivity contribution is -0.153. The summed E-state index contributed by atoms with van der Waals surface area (Å²) in [5, 5.41) is 10.2. The number of anilines is 1. The Labute approximate surface area is 279 Å². The molecular formula is C33H39F3N2O11. The molecule has 16 heteroatoms. The van der Waals surface area contributed by atoms with Crippen LogP contribution in [0.4, 0.5) is 23.7 Å². The number of cyclic esters (lactones) is 1. The van der Waals surface area contributed by atoms with Crippen LogP contribution in [0, 0.1) is 0 Å². The van der Waals surface area contributed by atoms with E-state index in [-0.39, 0.29) is 49.4 Å². The molecule has 1 aliphatic heterocycles. The van der Waals surface area contributed by atoms with Gasteiger partial charge in [-0.05, 0) is 29.7 Å². The monoisotopic (exact) mass is 696 g/mol. The molecule has 1 aliphatic rings. The highest BCUT2D eigenvalue weighted by Gasteiger charge is 2.36. The number of H-pyrrole nitrogens is 1. The second-order valence-electron chi connectivity index (χ2n) is 10.8. The van der Waals surface area contributed by atoms with Crippen molar-refractivity contribution in [1.82, 2.24) is 4.98 Å². The van der Waals surface area contributed by atoms with Gasteiger partial charge in [-0.1, -0.05) is 24.3 Å². The number of aliphatic carboxylic acids is 1. The first kappa shape index (κ1) is 37.8. The summed E-state index contributed by atoms with van der Waals surface area (Å²) in [5.74, 6) is -1.23. The molecule has 0 aliphatic carbocycles. The number of benzene rings is 2. The van der Waals surface area contributed by atoms with Gasteiger partial charge in [0, 0.05) is 35.9 Å². The van der Waals surface area contributed by atoms with E-state index in [1.165, 1.54) is 47.4 Å². The molecule has 13 nitrogen and oxygen atoms in total. The highest BCUT2D eigenvalue weighted by atomic mass is 19.4. The van der Waals surface area contributed by atoms with Crippen molar-refractivity contribution in [2.45, 2.75) is 24.8 Å². The minimum Gasteiger partial charge on any atom is -0.479 e. The summed E-state index contributed by atoms with van der Waals surface area (Å²) in [6, 6.07) is 10.8. The molecule has 1 fully saturated rings. The van der Waals surface area contributed by atoms with E-state index in [1.807, 2.05) is 0 Å². The number of pyridine rings is 1. The predicted molar refractivity (Wildman–Crippen MR) is 170 cm³/mol. The van der Waals surface area contributed by atoms with Crippen LogP contribution in [0.15, 0.2) is 53.3 Å². The van der Waals surface area contributed by atoms with Gasteiger partial charge in [0.05, 0.1) is 78.2 Å². The Bertz CT molecular complexity index is 1580. The topological polar surface area (TPSA) is 155 Å². The number of amides is 1. The Morgan fingerprint density at radius 3 is 2.14 bits per heavy atom. The van der Waals surface area contributed by atoms with Crippen molar-refractivity contribution in [2.24, 2.45) is 0 Å². The molecule has 2 heterocycles. The van der Waals surface area contributed by atoms with Gasteiger partial charge in [-0.25, -0.2) is 9.59 Å². The average molecular weight is 697 g/mol. The van der Waals surface area contributed by atoms with Crippen molar-refractivity contribution in [3.63, 3.8) is 0 Å². The number of aromatic nitrogens is 1. The zero-order chi connectivity index (χ0) is 35.2. The number of carboxylic acid groups (broad SMARTS) is 1. The average Bonchev–Trinajstić information content (AvgIpc) is 3.44. The summed E-state index contributed by atoms with van der Waals surface area (Å²) in [6.45, 7) is 3.43. The number of rotatable bonds is 21. The molecule has 49 heavy (non-hydrogen) atoms. The molecule has 1 aromatic heterocycles. The lowest BCUT2D eigenvalue weighted by Gasteiger charge is -2.17. The summed E-state index contributed by atoms with van der Waals surface area (Å²) in [5.41, 5.74) is -1.41.